The van der Waals surface area contributed by atoms with Crippen LogP contribution in [0.4, 0.5) is 5.82 Å². The lowest BCUT2D eigenvalue weighted by molar-refractivity contribution is 0.282. The fourth-order valence-corrected chi connectivity index (χ4v) is 2.00. The molecule has 0 atom stereocenters. The SMILES string of the molecule is OCc1ccc(CNc2cnc3ccccc3n2)cc1. The van der Waals surface area contributed by atoms with Gasteiger partial charge in [-0.2, -0.15) is 0 Å². The molecule has 0 saturated carbocycles. The Balaban J connectivity index is 1.72. The van der Waals surface area contributed by atoms with Crippen LogP contribution >= 0.6 is 0 Å². The van der Waals surface area contributed by atoms with E-state index in [1.807, 2.05) is 48.5 Å². The number of benzene rings is 2. The monoisotopic (exact) mass is 265 g/mol. The molecule has 0 unspecified atom stereocenters. The number of nitrogens with one attached hydrogen (secondary N) is 1. The molecule has 0 saturated heterocycles. The maximum atomic E-state index is 9.00. The second-order valence-electron chi connectivity index (χ2n) is 4.57. The van der Waals surface area contributed by atoms with Crippen molar-refractivity contribution in [2.45, 2.75) is 13.2 Å². The van der Waals surface area contributed by atoms with Gasteiger partial charge in [0, 0.05) is 6.54 Å². The summed E-state index contributed by atoms with van der Waals surface area (Å²) in [5, 5.41) is 12.3. The standard InChI is InChI=1S/C16H15N3O/c20-11-13-7-5-12(6-8-13)9-18-16-10-17-14-3-1-2-4-15(14)19-16/h1-8,10,20H,9,11H2,(H,18,19). The summed E-state index contributed by atoms with van der Waals surface area (Å²) in [5.74, 6) is 0.759. The highest BCUT2D eigenvalue weighted by atomic mass is 16.3. The Bertz CT molecular complexity index is 710. The fraction of sp³-hybridized carbons (Fsp3) is 0.125. The first kappa shape index (κ1) is 12.6. The third kappa shape index (κ3) is 2.75. The number of fused-ring (bicyclic) bond motifs is 1. The van der Waals surface area contributed by atoms with Crippen LogP contribution in [0.25, 0.3) is 11.0 Å². The Labute approximate surface area is 117 Å². The number of rotatable bonds is 4. The van der Waals surface area contributed by atoms with Crippen molar-refractivity contribution in [3.8, 4) is 0 Å². The molecule has 2 aromatic carbocycles. The highest BCUT2D eigenvalue weighted by Crippen LogP contribution is 2.12. The van der Waals surface area contributed by atoms with E-state index in [1.165, 1.54) is 0 Å². The zero-order chi connectivity index (χ0) is 13.8. The molecule has 3 aromatic rings. The van der Waals surface area contributed by atoms with E-state index < -0.39 is 0 Å². The molecule has 3 rings (SSSR count). The van der Waals surface area contributed by atoms with Crippen LogP contribution in [0.2, 0.25) is 0 Å². The first-order chi connectivity index (χ1) is 9.85. The van der Waals surface area contributed by atoms with Crippen LogP contribution in [0.3, 0.4) is 0 Å². The topological polar surface area (TPSA) is 58.0 Å². The molecule has 0 fully saturated rings. The molecule has 0 aliphatic heterocycles. The van der Waals surface area contributed by atoms with Crippen LogP contribution in [-0.4, -0.2) is 15.1 Å². The van der Waals surface area contributed by atoms with Crippen LogP contribution in [0.5, 0.6) is 0 Å². The van der Waals surface area contributed by atoms with Crippen LogP contribution in [0, 0.1) is 0 Å². The van der Waals surface area contributed by atoms with Gasteiger partial charge < -0.3 is 10.4 Å². The average Bonchev–Trinajstić information content (AvgIpc) is 2.53. The van der Waals surface area contributed by atoms with E-state index in [2.05, 4.69) is 15.3 Å². The van der Waals surface area contributed by atoms with Gasteiger partial charge in [-0.05, 0) is 23.3 Å². The molecular formula is C16H15N3O. The lowest BCUT2D eigenvalue weighted by Crippen LogP contribution is -2.02. The third-order valence-corrected chi connectivity index (χ3v) is 3.13. The van der Waals surface area contributed by atoms with E-state index in [0.29, 0.717) is 6.54 Å². The van der Waals surface area contributed by atoms with Crippen molar-refractivity contribution in [3.05, 3.63) is 65.9 Å². The van der Waals surface area contributed by atoms with Crippen LogP contribution < -0.4 is 5.32 Å². The number of para-hydroxylation sites is 2. The largest absolute Gasteiger partial charge is 0.392 e. The van der Waals surface area contributed by atoms with Gasteiger partial charge in [-0.3, -0.25) is 4.98 Å². The minimum absolute atomic E-state index is 0.0733. The van der Waals surface area contributed by atoms with Crippen molar-refractivity contribution in [1.29, 1.82) is 0 Å². The molecule has 0 aliphatic carbocycles. The number of aliphatic hydroxyl groups excluding tert-OH is 1. The molecule has 2 N–H and O–H groups in total. The van der Waals surface area contributed by atoms with Gasteiger partial charge in [-0.1, -0.05) is 36.4 Å². The predicted octanol–water partition coefficient (Wildman–Crippen LogP) is 2.73. The van der Waals surface area contributed by atoms with Gasteiger partial charge in [0.2, 0.25) is 0 Å². The summed E-state index contributed by atoms with van der Waals surface area (Å²) in [4.78, 5) is 8.87. The highest BCUT2D eigenvalue weighted by Gasteiger charge is 1.99. The van der Waals surface area contributed by atoms with E-state index in [-0.39, 0.29) is 6.61 Å². The molecule has 20 heavy (non-hydrogen) atoms. The predicted molar refractivity (Wildman–Crippen MR) is 79.2 cm³/mol. The van der Waals surface area contributed by atoms with Gasteiger partial charge in [-0.25, -0.2) is 4.98 Å². The summed E-state index contributed by atoms with van der Waals surface area (Å²) < 4.78 is 0. The first-order valence-electron chi connectivity index (χ1n) is 6.49. The Hall–Kier alpha value is -2.46. The fourth-order valence-electron chi connectivity index (χ4n) is 2.00. The molecule has 0 spiro atoms. The smallest absolute Gasteiger partial charge is 0.145 e. The van der Waals surface area contributed by atoms with Gasteiger partial charge in [0.25, 0.3) is 0 Å². The molecule has 0 amide bonds. The van der Waals surface area contributed by atoms with Crippen molar-refractivity contribution in [3.63, 3.8) is 0 Å². The number of aliphatic hydroxyl groups is 1. The zero-order valence-electron chi connectivity index (χ0n) is 11.0. The number of anilines is 1. The Morgan fingerprint density at radius 2 is 1.60 bits per heavy atom. The number of hydrogen-bond donors (Lipinski definition) is 2. The van der Waals surface area contributed by atoms with Gasteiger partial charge in [-0.15, -0.1) is 0 Å². The molecule has 0 aliphatic rings. The summed E-state index contributed by atoms with van der Waals surface area (Å²) in [6.07, 6.45) is 1.74. The molecule has 0 radical (unpaired) electrons. The molecular weight excluding hydrogens is 250 g/mol. The maximum Gasteiger partial charge on any atom is 0.145 e. The molecule has 1 aromatic heterocycles. The van der Waals surface area contributed by atoms with Crippen molar-refractivity contribution in [2.24, 2.45) is 0 Å². The molecule has 4 nitrogen and oxygen atoms in total. The maximum absolute atomic E-state index is 9.00. The number of aromatic nitrogens is 2. The molecule has 0 bridgehead atoms. The van der Waals surface area contributed by atoms with Crippen molar-refractivity contribution < 1.29 is 5.11 Å². The third-order valence-electron chi connectivity index (χ3n) is 3.13. The second kappa shape index (κ2) is 5.67. The van der Waals surface area contributed by atoms with Gasteiger partial charge >= 0.3 is 0 Å². The lowest BCUT2D eigenvalue weighted by Gasteiger charge is -2.07. The normalized spacial score (nSPS) is 10.7. The summed E-state index contributed by atoms with van der Waals surface area (Å²) in [5.41, 5.74) is 3.83. The second-order valence-corrected chi connectivity index (χ2v) is 4.57. The minimum Gasteiger partial charge on any atom is -0.392 e. The Morgan fingerprint density at radius 3 is 2.35 bits per heavy atom. The van der Waals surface area contributed by atoms with E-state index >= 15 is 0 Å². The lowest BCUT2D eigenvalue weighted by atomic mass is 10.1. The molecule has 100 valence electrons. The average molecular weight is 265 g/mol. The van der Waals surface area contributed by atoms with Crippen molar-refractivity contribution in [2.75, 3.05) is 5.32 Å². The Kier molecular flexibility index (Phi) is 3.56. The molecule has 1 heterocycles. The summed E-state index contributed by atoms with van der Waals surface area (Å²) in [6.45, 7) is 0.753. The van der Waals surface area contributed by atoms with Gasteiger partial charge in [0.05, 0.1) is 23.8 Å². The highest BCUT2D eigenvalue weighted by molar-refractivity contribution is 5.75. The van der Waals surface area contributed by atoms with E-state index in [4.69, 9.17) is 5.11 Å². The van der Waals surface area contributed by atoms with E-state index in [1.54, 1.807) is 6.20 Å². The quantitative estimate of drug-likeness (QED) is 0.761. The summed E-state index contributed by atoms with van der Waals surface area (Å²) in [6, 6.07) is 15.6. The zero-order valence-corrected chi connectivity index (χ0v) is 11.0. The first-order valence-corrected chi connectivity index (χ1v) is 6.49. The summed E-state index contributed by atoms with van der Waals surface area (Å²) in [7, 11) is 0. The van der Waals surface area contributed by atoms with E-state index in [0.717, 1.165) is 28.0 Å². The van der Waals surface area contributed by atoms with Gasteiger partial charge in [0.1, 0.15) is 5.82 Å². The van der Waals surface area contributed by atoms with Crippen LogP contribution in [-0.2, 0) is 13.2 Å². The van der Waals surface area contributed by atoms with Gasteiger partial charge in [0.15, 0.2) is 0 Å². The van der Waals surface area contributed by atoms with E-state index in [9.17, 15) is 0 Å². The Morgan fingerprint density at radius 1 is 0.900 bits per heavy atom. The summed E-state index contributed by atoms with van der Waals surface area (Å²) >= 11 is 0. The van der Waals surface area contributed by atoms with Crippen LogP contribution in [0.15, 0.2) is 54.7 Å². The minimum atomic E-state index is 0.0733. The van der Waals surface area contributed by atoms with Crippen molar-refractivity contribution in [1.82, 2.24) is 9.97 Å². The van der Waals surface area contributed by atoms with Crippen molar-refractivity contribution >= 4 is 16.9 Å². The molecule has 4 heteroatoms. The number of hydrogen-bond acceptors (Lipinski definition) is 4. The van der Waals surface area contributed by atoms with Crippen LogP contribution in [0.1, 0.15) is 11.1 Å². The number of nitrogens with zero attached hydrogens (tertiary/aromatic N) is 2.